The number of hydrogen-bond donors (Lipinski definition) is 1. The normalized spacial score (nSPS) is 17.3. The van der Waals surface area contributed by atoms with Gasteiger partial charge in [0.25, 0.3) is 5.91 Å². The molecule has 34 heavy (non-hydrogen) atoms. The zero-order valence-corrected chi connectivity index (χ0v) is 20.3. The van der Waals surface area contributed by atoms with Gasteiger partial charge in [0.15, 0.2) is 0 Å². The van der Waals surface area contributed by atoms with Gasteiger partial charge in [-0.15, -0.1) is 11.3 Å². The summed E-state index contributed by atoms with van der Waals surface area (Å²) in [7, 11) is 4.80. The van der Waals surface area contributed by atoms with Crippen LogP contribution in [0.5, 0.6) is 11.5 Å². The number of nitrogens with one attached hydrogen (secondary N) is 1. The predicted molar refractivity (Wildman–Crippen MR) is 131 cm³/mol. The van der Waals surface area contributed by atoms with Crippen LogP contribution in [0.1, 0.15) is 38.3 Å². The second kappa shape index (κ2) is 10.7. The Labute approximate surface area is 203 Å². The minimum Gasteiger partial charge on any atom is -0.497 e. The number of ether oxygens (including phenoxy) is 3. The molecule has 0 saturated carbocycles. The molecule has 1 aliphatic rings. The fourth-order valence-electron chi connectivity index (χ4n) is 4.40. The zero-order valence-electron chi connectivity index (χ0n) is 19.4. The van der Waals surface area contributed by atoms with E-state index in [2.05, 4.69) is 5.32 Å². The van der Waals surface area contributed by atoms with Crippen molar-refractivity contribution < 1.29 is 23.8 Å². The Bertz CT molecular complexity index is 1150. The molecule has 3 aromatic rings. The van der Waals surface area contributed by atoms with Gasteiger partial charge in [-0.1, -0.05) is 24.3 Å². The van der Waals surface area contributed by atoms with Crippen molar-refractivity contribution >= 4 is 23.2 Å². The van der Waals surface area contributed by atoms with E-state index in [0.717, 1.165) is 16.0 Å². The summed E-state index contributed by atoms with van der Waals surface area (Å²) in [4.78, 5) is 29.9. The summed E-state index contributed by atoms with van der Waals surface area (Å²) in [6.45, 7) is 1.03. The van der Waals surface area contributed by atoms with Gasteiger partial charge in [0.2, 0.25) is 5.91 Å². The van der Waals surface area contributed by atoms with E-state index < -0.39 is 12.0 Å². The lowest BCUT2D eigenvalue weighted by Gasteiger charge is -2.41. The first kappa shape index (κ1) is 23.8. The molecule has 2 aromatic carbocycles. The van der Waals surface area contributed by atoms with E-state index in [1.54, 1.807) is 32.3 Å². The molecule has 0 aliphatic carbocycles. The monoisotopic (exact) mass is 480 g/mol. The van der Waals surface area contributed by atoms with Crippen LogP contribution in [0.4, 0.5) is 0 Å². The van der Waals surface area contributed by atoms with Crippen molar-refractivity contribution in [2.45, 2.75) is 18.5 Å². The van der Waals surface area contributed by atoms with Crippen LogP contribution in [0.25, 0.3) is 0 Å². The average Bonchev–Trinajstić information content (AvgIpc) is 3.41. The standard InChI is InChI=1S/C26H28N2O5S/c1-31-13-12-28-24(22-9-6-14-34-22)23(19-7-4-5-8-20(19)26(28)30)25(29)27-16-17-15-18(32-2)10-11-21(17)33-3/h4-11,14-15,23-24H,12-13,16H2,1-3H3,(H,27,29)/t23-,24-/m1/s1. The van der Waals surface area contributed by atoms with Crippen molar-refractivity contribution in [2.24, 2.45) is 0 Å². The lowest BCUT2D eigenvalue weighted by Crippen LogP contribution is -2.48. The molecule has 7 nitrogen and oxygen atoms in total. The minimum atomic E-state index is -0.569. The SMILES string of the molecule is COCCN1C(=O)c2ccccc2[C@@H](C(=O)NCc2cc(OC)ccc2OC)[C@H]1c1cccs1. The van der Waals surface area contributed by atoms with Crippen molar-refractivity contribution in [1.82, 2.24) is 10.2 Å². The van der Waals surface area contributed by atoms with Gasteiger partial charge in [0, 0.05) is 36.2 Å². The summed E-state index contributed by atoms with van der Waals surface area (Å²) in [5.41, 5.74) is 2.08. The molecule has 1 aliphatic heterocycles. The summed E-state index contributed by atoms with van der Waals surface area (Å²) in [5, 5.41) is 5.04. The third-order valence-corrected chi connectivity index (χ3v) is 6.98. The van der Waals surface area contributed by atoms with E-state index >= 15 is 0 Å². The van der Waals surface area contributed by atoms with E-state index in [1.807, 2.05) is 53.9 Å². The maximum Gasteiger partial charge on any atom is 0.254 e. The van der Waals surface area contributed by atoms with Gasteiger partial charge in [-0.2, -0.15) is 0 Å². The van der Waals surface area contributed by atoms with Crippen LogP contribution in [0.15, 0.2) is 60.0 Å². The molecule has 178 valence electrons. The largest absolute Gasteiger partial charge is 0.497 e. The van der Waals surface area contributed by atoms with Crippen LogP contribution in [0.2, 0.25) is 0 Å². The lowest BCUT2D eigenvalue weighted by molar-refractivity contribution is -0.124. The topological polar surface area (TPSA) is 77.1 Å². The third kappa shape index (κ3) is 4.64. The number of rotatable bonds is 9. The molecule has 0 unspecified atom stereocenters. The molecular weight excluding hydrogens is 452 g/mol. The molecule has 1 N–H and O–H groups in total. The quantitative estimate of drug-likeness (QED) is 0.501. The molecular formula is C26H28N2O5S. The summed E-state index contributed by atoms with van der Waals surface area (Å²) in [5.74, 6) is 0.522. The highest BCUT2D eigenvalue weighted by Crippen LogP contribution is 2.44. The van der Waals surface area contributed by atoms with Crippen molar-refractivity contribution in [3.05, 3.63) is 81.5 Å². The van der Waals surface area contributed by atoms with Crippen LogP contribution in [0.3, 0.4) is 0 Å². The smallest absolute Gasteiger partial charge is 0.254 e. The molecule has 0 saturated heterocycles. The Hall–Kier alpha value is -3.36. The highest BCUT2D eigenvalue weighted by molar-refractivity contribution is 7.10. The van der Waals surface area contributed by atoms with Crippen LogP contribution in [-0.2, 0) is 16.1 Å². The summed E-state index contributed by atoms with van der Waals surface area (Å²) < 4.78 is 16.1. The van der Waals surface area contributed by atoms with Crippen LogP contribution < -0.4 is 14.8 Å². The van der Waals surface area contributed by atoms with Crippen molar-refractivity contribution in [1.29, 1.82) is 0 Å². The molecule has 1 aromatic heterocycles. The zero-order chi connectivity index (χ0) is 24.1. The van der Waals surface area contributed by atoms with Gasteiger partial charge in [0.1, 0.15) is 11.5 Å². The second-order valence-corrected chi connectivity index (χ2v) is 8.89. The van der Waals surface area contributed by atoms with Gasteiger partial charge < -0.3 is 24.4 Å². The van der Waals surface area contributed by atoms with E-state index in [-0.39, 0.29) is 18.4 Å². The van der Waals surface area contributed by atoms with Gasteiger partial charge in [-0.05, 0) is 41.3 Å². The predicted octanol–water partition coefficient (Wildman–Crippen LogP) is 4.01. The Morgan fingerprint density at radius 1 is 1.06 bits per heavy atom. The molecule has 0 spiro atoms. The van der Waals surface area contributed by atoms with Crippen molar-refractivity contribution in [3.8, 4) is 11.5 Å². The second-order valence-electron chi connectivity index (χ2n) is 7.91. The molecule has 0 fully saturated rings. The molecule has 2 heterocycles. The number of nitrogens with zero attached hydrogens (tertiary/aromatic N) is 1. The van der Waals surface area contributed by atoms with E-state index in [0.29, 0.717) is 30.2 Å². The fraction of sp³-hybridized carbons (Fsp3) is 0.308. The number of amides is 2. The number of fused-ring (bicyclic) bond motifs is 1. The summed E-state index contributed by atoms with van der Waals surface area (Å²) in [6, 6.07) is 16.3. The molecule has 0 radical (unpaired) electrons. The highest BCUT2D eigenvalue weighted by atomic mass is 32.1. The number of thiophene rings is 1. The van der Waals surface area contributed by atoms with E-state index in [9.17, 15) is 9.59 Å². The van der Waals surface area contributed by atoms with Gasteiger partial charge in [-0.25, -0.2) is 0 Å². The maximum atomic E-state index is 13.8. The Kier molecular flexibility index (Phi) is 7.49. The van der Waals surface area contributed by atoms with E-state index in [4.69, 9.17) is 14.2 Å². The van der Waals surface area contributed by atoms with Gasteiger partial charge in [0.05, 0.1) is 32.8 Å². The Balaban J connectivity index is 1.70. The first-order valence-corrected chi connectivity index (χ1v) is 11.9. The highest BCUT2D eigenvalue weighted by Gasteiger charge is 2.44. The lowest BCUT2D eigenvalue weighted by atomic mass is 9.81. The number of benzene rings is 2. The molecule has 2 atom stereocenters. The fourth-order valence-corrected chi connectivity index (χ4v) is 5.27. The van der Waals surface area contributed by atoms with Gasteiger partial charge >= 0.3 is 0 Å². The van der Waals surface area contributed by atoms with Crippen molar-refractivity contribution in [2.75, 3.05) is 34.5 Å². The Morgan fingerprint density at radius 2 is 1.88 bits per heavy atom. The van der Waals surface area contributed by atoms with Crippen LogP contribution in [0, 0.1) is 0 Å². The number of carbonyl (C=O) groups is 2. The van der Waals surface area contributed by atoms with Gasteiger partial charge in [-0.3, -0.25) is 9.59 Å². The minimum absolute atomic E-state index is 0.0930. The molecule has 4 rings (SSSR count). The summed E-state index contributed by atoms with van der Waals surface area (Å²) >= 11 is 1.54. The summed E-state index contributed by atoms with van der Waals surface area (Å²) in [6.07, 6.45) is 0. The van der Waals surface area contributed by atoms with Crippen LogP contribution >= 0.6 is 11.3 Å². The Morgan fingerprint density at radius 3 is 2.59 bits per heavy atom. The van der Waals surface area contributed by atoms with Crippen molar-refractivity contribution in [3.63, 3.8) is 0 Å². The maximum absolute atomic E-state index is 13.8. The average molecular weight is 481 g/mol. The molecule has 2 amide bonds. The molecule has 0 bridgehead atoms. The van der Waals surface area contributed by atoms with Crippen LogP contribution in [-0.4, -0.2) is 51.2 Å². The first-order valence-electron chi connectivity index (χ1n) is 11.0. The number of hydrogen-bond acceptors (Lipinski definition) is 6. The first-order chi connectivity index (χ1) is 16.6. The number of methoxy groups -OCH3 is 3. The third-order valence-electron chi connectivity index (χ3n) is 6.03. The number of carbonyl (C=O) groups excluding carboxylic acids is 2. The van der Waals surface area contributed by atoms with E-state index in [1.165, 1.54) is 11.3 Å². The molecule has 8 heteroatoms.